The highest BCUT2D eigenvalue weighted by Crippen LogP contribution is 2.25. The molecule has 0 heterocycles. The fraction of sp³-hybridized carbons (Fsp3) is 0.400. The van der Waals surface area contributed by atoms with Crippen LogP contribution in [0.5, 0.6) is 0 Å². The van der Waals surface area contributed by atoms with E-state index in [1.165, 1.54) is 13.0 Å². The third-order valence-electron chi connectivity index (χ3n) is 2.61. The number of nitrogen functional groups attached to an aromatic ring is 1. The first kappa shape index (κ1) is 17.3. The summed E-state index contributed by atoms with van der Waals surface area (Å²) >= 11 is 0. The summed E-state index contributed by atoms with van der Waals surface area (Å²) in [4.78, 5) is 9.43. The zero-order valence-electron chi connectivity index (χ0n) is 11.1. The lowest BCUT2D eigenvalue weighted by atomic mass is 10.3. The van der Waals surface area contributed by atoms with E-state index in [2.05, 4.69) is 0 Å². The zero-order valence-corrected chi connectivity index (χ0v) is 12.8. The highest BCUT2D eigenvalue weighted by Gasteiger charge is 2.26. The predicted octanol–water partition coefficient (Wildman–Crippen LogP) is -0.110. The Kier molecular flexibility index (Phi) is 5.25. The van der Waals surface area contributed by atoms with Crippen LogP contribution in [0.25, 0.3) is 0 Å². The zero-order chi connectivity index (χ0) is 16.3. The van der Waals surface area contributed by atoms with E-state index in [-0.39, 0.29) is 23.7 Å². The highest BCUT2D eigenvalue weighted by molar-refractivity contribution is 7.91. The Hall–Kier alpha value is -1.72. The van der Waals surface area contributed by atoms with Gasteiger partial charge in [-0.15, -0.1) is 0 Å². The molecular formula is C10H15N3O6S2. The fourth-order valence-corrected chi connectivity index (χ4v) is 3.47. The van der Waals surface area contributed by atoms with Crippen molar-refractivity contribution >= 4 is 31.2 Å². The number of anilines is 1. The molecule has 1 rings (SSSR count). The smallest absolute Gasteiger partial charge is 0.291 e. The molecule has 9 nitrogen and oxygen atoms in total. The topological polar surface area (TPSA) is 149 Å². The Morgan fingerprint density at radius 1 is 1.29 bits per heavy atom. The summed E-state index contributed by atoms with van der Waals surface area (Å²) in [5, 5.41) is 10.9. The molecule has 1 aromatic carbocycles. The minimum absolute atomic E-state index is 0.0502. The lowest BCUT2D eigenvalue weighted by Crippen LogP contribution is -2.30. The summed E-state index contributed by atoms with van der Waals surface area (Å²) in [7, 11) is -7.53. The number of sulfonamides is 1. The third kappa shape index (κ3) is 4.65. The summed E-state index contributed by atoms with van der Waals surface area (Å²) in [5.41, 5.74) is 4.77. The number of sulfone groups is 1. The molecule has 0 saturated carbocycles. The molecule has 0 saturated heterocycles. The Morgan fingerprint density at radius 3 is 2.43 bits per heavy atom. The van der Waals surface area contributed by atoms with Gasteiger partial charge in [0.05, 0.1) is 10.7 Å². The molecule has 0 bridgehead atoms. The van der Waals surface area contributed by atoms with E-state index in [1.807, 2.05) is 4.72 Å². The van der Waals surface area contributed by atoms with Gasteiger partial charge in [0, 0.05) is 24.1 Å². The first-order chi connectivity index (χ1) is 9.59. The van der Waals surface area contributed by atoms with E-state index < -0.39 is 35.4 Å². The third-order valence-corrected chi connectivity index (χ3v) is 5.83. The Bertz CT molecular complexity index is 742. The SMILES string of the molecule is CCS(=O)(=O)CCNS(=O)(=O)c1ccc(N)cc1[N+](=O)[O-]. The number of nitro benzene ring substituents is 1. The Labute approximate surface area is 122 Å². The quantitative estimate of drug-likeness (QED) is 0.400. The van der Waals surface area contributed by atoms with Crippen LogP contribution in [-0.4, -0.2) is 39.8 Å². The van der Waals surface area contributed by atoms with Gasteiger partial charge in [0.25, 0.3) is 5.69 Å². The predicted molar refractivity (Wildman–Crippen MR) is 77.0 cm³/mol. The molecule has 0 atom stereocenters. The van der Waals surface area contributed by atoms with Gasteiger partial charge in [-0.25, -0.2) is 21.6 Å². The monoisotopic (exact) mass is 337 g/mol. The van der Waals surface area contributed by atoms with Crippen LogP contribution in [0.1, 0.15) is 6.92 Å². The van der Waals surface area contributed by atoms with Crippen LogP contribution >= 0.6 is 0 Å². The van der Waals surface area contributed by atoms with Gasteiger partial charge < -0.3 is 5.73 Å². The molecule has 0 unspecified atom stereocenters. The summed E-state index contributed by atoms with van der Waals surface area (Å²) in [6.07, 6.45) is 0. The van der Waals surface area contributed by atoms with Gasteiger partial charge in [0.15, 0.2) is 14.7 Å². The van der Waals surface area contributed by atoms with Crippen molar-refractivity contribution in [1.29, 1.82) is 0 Å². The largest absolute Gasteiger partial charge is 0.399 e. The average molecular weight is 337 g/mol. The number of rotatable bonds is 7. The summed E-state index contributed by atoms with van der Waals surface area (Å²) < 4.78 is 48.6. The van der Waals surface area contributed by atoms with E-state index in [4.69, 9.17) is 5.73 Å². The maximum atomic E-state index is 12.0. The van der Waals surface area contributed by atoms with E-state index in [1.54, 1.807) is 0 Å². The van der Waals surface area contributed by atoms with Crippen molar-refractivity contribution in [2.24, 2.45) is 0 Å². The number of benzene rings is 1. The van der Waals surface area contributed by atoms with Gasteiger partial charge in [-0.1, -0.05) is 6.92 Å². The van der Waals surface area contributed by atoms with Crippen molar-refractivity contribution < 1.29 is 21.8 Å². The van der Waals surface area contributed by atoms with Crippen LogP contribution in [0, 0.1) is 10.1 Å². The molecule has 0 spiro atoms. The van der Waals surface area contributed by atoms with E-state index in [0.717, 1.165) is 12.1 Å². The molecule has 0 radical (unpaired) electrons. The number of nitrogens with one attached hydrogen (secondary N) is 1. The molecule has 0 aliphatic heterocycles. The molecule has 0 aromatic heterocycles. The van der Waals surface area contributed by atoms with Crippen LogP contribution in [0.15, 0.2) is 23.1 Å². The van der Waals surface area contributed by atoms with Crippen LogP contribution in [-0.2, 0) is 19.9 Å². The number of nitrogens with two attached hydrogens (primary N) is 1. The molecular weight excluding hydrogens is 322 g/mol. The van der Waals surface area contributed by atoms with Crippen molar-refractivity contribution in [3.05, 3.63) is 28.3 Å². The Morgan fingerprint density at radius 2 is 1.90 bits per heavy atom. The average Bonchev–Trinajstić information content (AvgIpc) is 2.37. The van der Waals surface area contributed by atoms with Crippen LogP contribution in [0.4, 0.5) is 11.4 Å². The minimum atomic E-state index is -4.20. The van der Waals surface area contributed by atoms with Gasteiger partial charge >= 0.3 is 0 Å². The Balaban J connectivity index is 3.01. The number of nitrogens with zero attached hydrogens (tertiary/aromatic N) is 1. The summed E-state index contributed by atoms with van der Waals surface area (Å²) in [5.74, 6) is -0.498. The van der Waals surface area contributed by atoms with Crippen LogP contribution < -0.4 is 10.5 Å². The normalized spacial score (nSPS) is 12.2. The number of hydrogen-bond acceptors (Lipinski definition) is 7. The first-order valence-electron chi connectivity index (χ1n) is 5.83. The molecule has 11 heteroatoms. The lowest BCUT2D eigenvalue weighted by molar-refractivity contribution is -0.387. The first-order valence-corrected chi connectivity index (χ1v) is 9.13. The minimum Gasteiger partial charge on any atom is -0.399 e. The standard InChI is InChI=1S/C10H15N3O6S2/c1-2-20(16,17)6-5-12-21(18,19)10-4-3-8(11)7-9(10)13(14)15/h3-4,7,12H,2,5-6,11H2,1H3. The van der Waals surface area contributed by atoms with Crippen LogP contribution in [0.2, 0.25) is 0 Å². The van der Waals surface area contributed by atoms with Gasteiger partial charge in [-0.05, 0) is 12.1 Å². The van der Waals surface area contributed by atoms with Gasteiger partial charge in [-0.3, -0.25) is 10.1 Å². The second-order valence-electron chi connectivity index (χ2n) is 4.12. The van der Waals surface area contributed by atoms with Crippen molar-refractivity contribution in [3.63, 3.8) is 0 Å². The summed E-state index contributed by atoms with van der Waals surface area (Å²) in [6, 6.07) is 3.14. The molecule has 3 N–H and O–H groups in total. The lowest BCUT2D eigenvalue weighted by Gasteiger charge is -2.07. The van der Waals surface area contributed by atoms with Crippen molar-refractivity contribution in [3.8, 4) is 0 Å². The van der Waals surface area contributed by atoms with Gasteiger partial charge in [0.2, 0.25) is 10.0 Å². The van der Waals surface area contributed by atoms with Crippen molar-refractivity contribution in [2.45, 2.75) is 11.8 Å². The molecule has 0 aliphatic carbocycles. The van der Waals surface area contributed by atoms with Crippen molar-refractivity contribution in [1.82, 2.24) is 4.72 Å². The van der Waals surface area contributed by atoms with Crippen LogP contribution in [0.3, 0.4) is 0 Å². The van der Waals surface area contributed by atoms with E-state index in [0.29, 0.717) is 0 Å². The van der Waals surface area contributed by atoms with Crippen molar-refractivity contribution in [2.75, 3.05) is 23.8 Å². The van der Waals surface area contributed by atoms with Gasteiger partial charge in [-0.2, -0.15) is 0 Å². The summed E-state index contributed by atoms with van der Waals surface area (Å²) in [6.45, 7) is 1.08. The number of nitro groups is 1. The molecule has 118 valence electrons. The molecule has 0 amide bonds. The molecule has 1 aromatic rings. The number of hydrogen-bond donors (Lipinski definition) is 2. The molecule has 21 heavy (non-hydrogen) atoms. The van der Waals surface area contributed by atoms with E-state index in [9.17, 15) is 26.9 Å². The van der Waals surface area contributed by atoms with E-state index >= 15 is 0 Å². The molecule has 0 fully saturated rings. The second kappa shape index (κ2) is 6.37. The van der Waals surface area contributed by atoms with Gasteiger partial charge in [0.1, 0.15) is 0 Å². The maximum absolute atomic E-state index is 12.0. The second-order valence-corrected chi connectivity index (χ2v) is 8.33. The highest BCUT2D eigenvalue weighted by atomic mass is 32.2. The fourth-order valence-electron chi connectivity index (χ4n) is 1.46. The maximum Gasteiger partial charge on any atom is 0.291 e. The molecule has 0 aliphatic rings.